The summed E-state index contributed by atoms with van der Waals surface area (Å²) in [5.41, 5.74) is 5.27. The van der Waals surface area contributed by atoms with Crippen LogP contribution in [0.3, 0.4) is 0 Å². The number of hydrogen-bond donors (Lipinski definition) is 1. The quantitative estimate of drug-likeness (QED) is 0.298. The summed E-state index contributed by atoms with van der Waals surface area (Å²) in [6, 6.07) is 0. The van der Waals surface area contributed by atoms with Crippen molar-refractivity contribution >= 4 is 9.84 Å². The first kappa shape index (κ1) is 21.3. The molecule has 0 spiro atoms. The van der Waals surface area contributed by atoms with E-state index in [0.29, 0.717) is 59.2 Å². The van der Waals surface area contributed by atoms with Crippen LogP contribution < -0.4 is 5.73 Å². The van der Waals surface area contributed by atoms with E-state index in [2.05, 4.69) is 5.92 Å². The third-order valence-corrected chi connectivity index (χ3v) is 4.20. The van der Waals surface area contributed by atoms with Gasteiger partial charge in [0.15, 0.2) is 9.84 Å². The van der Waals surface area contributed by atoms with Crippen LogP contribution in [0.4, 0.5) is 0 Å². The molecule has 0 rings (SSSR count). The second-order valence-electron chi connectivity index (χ2n) is 4.39. The summed E-state index contributed by atoms with van der Waals surface area (Å²) in [5, 5.41) is 0. The number of hydrogen-bond acceptors (Lipinski definition) is 7. The van der Waals surface area contributed by atoms with Gasteiger partial charge in [-0.3, -0.25) is 0 Å². The zero-order valence-electron chi connectivity index (χ0n) is 13.0. The van der Waals surface area contributed by atoms with Crippen molar-refractivity contribution in [3.63, 3.8) is 0 Å². The van der Waals surface area contributed by atoms with Crippen LogP contribution in [0.5, 0.6) is 0 Å². The minimum Gasteiger partial charge on any atom is -0.378 e. The molecular formula is C14H27NO6S. The van der Waals surface area contributed by atoms with E-state index in [1.807, 2.05) is 0 Å². The van der Waals surface area contributed by atoms with Crippen molar-refractivity contribution in [3.05, 3.63) is 0 Å². The average molecular weight is 337 g/mol. The lowest BCUT2D eigenvalue weighted by atomic mass is 10.5. The first-order valence-electron chi connectivity index (χ1n) is 7.27. The molecule has 0 saturated carbocycles. The largest absolute Gasteiger partial charge is 0.378 e. The Balaban J connectivity index is 3.22. The lowest BCUT2D eigenvalue weighted by Gasteiger charge is -2.07. The van der Waals surface area contributed by atoms with Gasteiger partial charge in [-0.05, 0) is 13.0 Å². The van der Waals surface area contributed by atoms with E-state index in [9.17, 15) is 8.42 Å². The summed E-state index contributed by atoms with van der Waals surface area (Å²) < 4.78 is 43.7. The highest BCUT2D eigenvalue weighted by molar-refractivity contribution is 7.91. The molecule has 0 saturated heterocycles. The van der Waals surface area contributed by atoms with Gasteiger partial charge in [0.1, 0.15) is 6.61 Å². The van der Waals surface area contributed by atoms with Gasteiger partial charge in [0.2, 0.25) is 0 Å². The number of terminal acetylenes is 1. The van der Waals surface area contributed by atoms with Crippen molar-refractivity contribution in [2.75, 3.05) is 70.9 Å². The van der Waals surface area contributed by atoms with Crippen LogP contribution in [0.1, 0.15) is 6.42 Å². The maximum atomic E-state index is 11.5. The summed E-state index contributed by atoms with van der Waals surface area (Å²) in [6.07, 6.45) is 5.50. The molecule has 0 amide bonds. The van der Waals surface area contributed by atoms with E-state index in [4.69, 9.17) is 31.1 Å². The summed E-state index contributed by atoms with van der Waals surface area (Å²) in [5.74, 6) is 2.50. The van der Waals surface area contributed by atoms with Crippen LogP contribution in [-0.2, 0) is 28.8 Å². The van der Waals surface area contributed by atoms with Crippen molar-refractivity contribution in [2.45, 2.75) is 6.42 Å². The van der Waals surface area contributed by atoms with Crippen LogP contribution in [0.15, 0.2) is 0 Å². The molecule has 0 bridgehead atoms. The molecule has 0 unspecified atom stereocenters. The third-order valence-electron chi connectivity index (χ3n) is 2.50. The molecule has 0 aliphatic rings. The molecule has 130 valence electrons. The number of nitrogens with two attached hydrogens (primary N) is 1. The fourth-order valence-corrected chi connectivity index (χ4v) is 2.56. The molecule has 0 heterocycles. The molecule has 0 aromatic heterocycles. The molecule has 22 heavy (non-hydrogen) atoms. The highest BCUT2D eigenvalue weighted by Gasteiger charge is 2.09. The Morgan fingerprint density at radius 3 is 1.82 bits per heavy atom. The Morgan fingerprint density at radius 2 is 1.32 bits per heavy atom. The van der Waals surface area contributed by atoms with Gasteiger partial charge in [0.05, 0.1) is 57.8 Å². The molecule has 0 fully saturated rings. The van der Waals surface area contributed by atoms with Crippen LogP contribution in [0.25, 0.3) is 0 Å². The lowest BCUT2D eigenvalue weighted by Crippen LogP contribution is -2.19. The second kappa shape index (κ2) is 15.2. The molecule has 7 nitrogen and oxygen atoms in total. The molecular weight excluding hydrogens is 310 g/mol. The molecule has 0 aromatic rings. The maximum Gasteiger partial charge on any atom is 0.152 e. The predicted molar refractivity (Wildman–Crippen MR) is 84.4 cm³/mol. The SMILES string of the molecule is C#CCOCCOCCOCCOCCS(=O)(=O)CCCN. The third kappa shape index (κ3) is 15.7. The summed E-state index contributed by atoms with van der Waals surface area (Å²) in [7, 11) is -3.05. The van der Waals surface area contributed by atoms with Gasteiger partial charge < -0.3 is 24.7 Å². The molecule has 0 atom stereocenters. The first-order valence-corrected chi connectivity index (χ1v) is 9.09. The monoisotopic (exact) mass is 337 g/mol. The fraction of sp³-hybridized carbons (Fsp3) is 0.857. The van der Waals surface area contributed by atoms with Crippen LogP contribution in [0.2, 0.25) is 0 Å². The van der Waals surface area contributed by atoms with E-state index in [1.54, 1.807) is 0 Å². The van der Waals surface area contributed by atoms with Gasteiger partial charge in [-0.25, -0.2) is 8.42 Å². The molecule has 8 heteroatoms. The van der Waals surface area contributed by atoms with Crippen molar-refractivity contribution in [1.82, 2.24) is 0 Å². The van der Waals surface area contributed by atoms with E-state index >= 15 is 0 Å². The van der Waals surface area contributed by atoms with Crippen molar-refractivity contribution in [1.29, 1.82) is 0 Å². The Labute approximate surface area is 133 Å². The highest BCUT2D eigenvalue weighted by Crippen LogP contribution is 1.93. The number of sulfone groups is 1. The van der Waals surface area contributed by atoms with E-state index in [1.165, 1.54) is 0 Å². The Kier molecular flexibility index (Phi) is 14.7. The smallest absolute Gasteiger partial charge is 0.152 e. The first-order chi connectivity index (χ1) is 10.6. The normalized spacial score (nSPS) is 11.5. The topological polar surface area (TPSA) is 97.1 Å². The maximum absolute atomic E-state index is 11.5. The molecule has 0 aromatic carbocycles. The molecule has 2 N–H and O–H groups in total. The van der Waals surface area contributed by atoms with E-state index in [-0.39, 0.29) is 18.1 Å². The Bertz CT molecular complexity index is 379. The Morgan fingerprint density at radius 1 is 0.818 bits per heavy atom. The standard InChI is InChI=1S/C14H27NO6S/c1-2-5-18-6-7-19-8-9-20-10-11-21-12-14-22(16,17)13-3-4-15/h1H,3-15H2. The Hall–Kier alpha value is -0.690. The average Bonchev–Trinajstić information content (AvgIpc) is 2.50. The number of ether oxygens (including phenoxy) is 4. The van der Waals surface area contributed by atoms with Gasteiger partial charge in [-0.15, -0.1) is 6.42 Å². The second-order valence-corrected chi connectivity index (χ2v) is 6.69. The zero-order valence-corrected chi connectivity index (χ0v) is 13.8. The zero-order chi connectivity index (χ0) is 16.5. The van der Waals surface area contributed by atoms with Gasteiger partial charge in [-0.1, -0.05) is 5.92 Å². The predicted octanol–water partition coefficient (Wildman–Crippen LogP) is -0.550. The molecule has 0 aliphatic heterocycles. The summed E-state index contributed by atoms with van der Waals surface area (Å²) in [6.45, 7) is 3.47. The molecule has 0 radical (unpaired) electrons. The van der Waals surface area contributed by atoms with Gasteiger partial charge >= 0.3 is 0 Å². The number of rotatable bonds is 16. The summed E-state index contributed by atoms with van der Waals surface area (Å²) in [4.78, 5) is 0. The fourth-order valence-electron chi connectivity index (χ4n) is 1.38. The van der Waals surface area contributed by atoms with Crippen molar-refractivity contribution < 1.29 is 27.4 Å². The van der Waals surface area contributed by atoms with Crippen LogP contribution in [0, 0.1) is 12.3 Å². The van der Waals surface area contributed by atoms with Gasteiger partial charge in [0.25, 0.3) is 0 Å². The van der Waals surface area contributed by atoms with Crippen LogP contribution >= 0.6 is 0 Å². The van der Waals surface area contributed by atoms with Gasteiger partial charge in [-0.2, -0.15) is 0 Å². The van der Waals surface area contributed by atoms with E-state index < -0.39 is 9.84 Å². The lowest BCUT2D eigenvalue weighted by molar-refractivity contribution is 0.00302. The van der Waals surface area contributed by atoms with Crippen LogP contribution in [-0.4, -0.2) is 79.3 Å². The van der Waals surface area contributed by atoms with Crippen molar-refractivity contribution in [3.8, 4) is 12.3 Å². The molecule has 0 aliphatic carbocycles. The minimum atomic E-state index is -3.05. The van der Waals surface area contributed by atoms with Gasteiger partial charge in [0, 0.05) is 0 Å². The van der Waals surface area contributed by atoms with E-state index in [0.717, 1.165) is 0 Å². The minimum absolute atomic E-state index is 0.0216. The van der Waals surface area contributed by atoms with Crippen molar-refractivity contribution in [2.24, 2.45) is 5.73 Å². The highest BCUT2D eigenvalue weighted by atomic mass is 32.2. The summed E-state index contributed by atoms with van der Waals surface area (Å²) >= 11 is 0.